The van der Waals surface area contributed by atoms with Crippen LogP contribution in [0.5, 0.6) is 0 Å². The zero-order valence-electron chi connectivity index (χ0n) is 14.7. The van der Waals surface area contributed by atoms with Gasteiger partial charge in [0.25, 0.3) is 5.91 Å². The third-order valence-corrected chi connectivity index (χ3v) is 4.67. The Morgan fingerprint density at radius 2 is 2.08 bits per heavy atom. The number of carbonyl (C=O) groups excluding carboxylic acids is 2. The molecule has 1 atom stereocenters. The number of aryl methyl sites for hydroxylation is 1. The molecule has 1 N–H and O–H groups in total. The number of nitrogens with zero attached hydrogens (tertiary/aromatic N) is 3. The van der Waals surface area contributed by atoms with Crippen molar-refractivity contribution in [2.24, 2.45) is 0 Å². The Kier molecular flexibility index (Phi) is 5.16. The fourth-order valence-corrected chi connectivity index (χ4v) is 3.24. The molecule has 0 aliphatic carbocycles. The first-order chi connectivity index (χ1) is 12.1. The van der Waals surface area contributed by atoms with Crippen LogP contribution in [0, 0.1) is 6.92 Å². The summed E-state index contributed by atoms with van der Waals surface area (Å²) < 4.78 is 0. The summed E-state index contributed by atoms with van der Waals surface area (Å²) in [6.07, 6.45) is 1.15. The van der Waals surface area contributed by atoms with Gasteiger partial charge in [0.15, 0.2) is 0 Å². The zero-order chi connectivity index (χ0) is 17.8. The van der Waals surface area contributed by atoms with Gasteiger partial charge in [-0.1, -0.05) is 37.3 Å². The summed E-state index contributed by atoms with van der Waals surface area (Å²) in [6, 6.07) is 11.7. The largest absolute Gasteiger partial charge is 0.335 e. The summed E-state index contributed by atoms with van der Waals surface area (Å²) >= 11 is 0. The molecular formula is C19H24N4O2. The van der Waals surface area contributed by atoms with Gasteiger partial charge < -0.3 is 9.80 Å². The van der Waals surface area contributed by atoms with Crippen LogP contribution in [0.15, 0.2) is 36.4 Å². The molecule has 6 heteroatoms. The van der Waals surface area contributed by atoms with Gasteiger partial charge in [-0.05, 0) is 25.0 Å². The lowest BCUT2D eigenvalue weighted by molar-refractivity contribution is -0.133. The third-order valence-electron chi connectivity index (χ3n) is 4.67. The quantitative estimate of drug-likeness (QED) is 0.929. The standard InChI is InChI=1S/C19H24N4O2/c1-3-16-13-22(19(25)17-11-14(2)20-21-17)10-9-18(24)23(16)12-15-7-5-4-6-8-15/h4-8,11,16H,3,9-10,12-13H2,1-2H3,(H,20,21)/t16-/m1/s1. The van der Waals surface area contributed by atoms with Crippen molar-refractivity contribution in [3.8, 4) is 0 Å². The molecule has 132 valence electrons. The van der Waals surface area contributed by atoms with Gasteiger partial charge in [0.1, 0.15) is 5.69 Å². The van der Waals surface area contributed by atoms with Crippen molar-refractivity contribution in [1.29, 1.82) is 0 Å². The van der Waals surface area contributed by atoms with E-state index in [1.807, 2.05) is 42.2 Å². The Bertz CT molecular complexity index is 741. The number of benzene rings is 1. The SMILES string of the molecule is CC[C@@H]1CN(C(=O)c2cc(C)[nH]n2)CCC(=O)N1Cc1ccccc1. The molecule has 1 aliphatic rings. The number of aromatic nitrogens is 2. The van der Waals surface area contributed by atoms with Crippen LogP contribution < -0.4 is 0 Å². The van der Waals surface area contributed by atoms with E-state index in [-0.39, 0.29) is 17.9 Å². The highest BCUT2D eigenvalue weighted by molar-refractivity contribution is 5.93. The minimum atomic E-state index is -0.114. The van der Waals surface area contributed by atoms with Gasteiger partial charge in [0, 0.05) is 37.8 Å². The molecule has 1 aromatic carbocycles. The lowest BCUT2D eigenvalue weighted by Gasteiger charge is -2.31. The lowest BCUT2D eigenvalue weighted by atomic mass is 10.1. The van der Waals surface area contributed by atoms with E-state index in [4.69, 9.17) is 0 Å². The van der Waals surface area contributed by atoms with Crippen molar-refractivity contribution in [1.82, 2.24) is 20.0 Å². The van der Waals surface area contributed by atoms with Crippen LogP contribution in [-0.2, 0) is 11.3 Å². The molecule has 1 fully saturated rings. The second kappa shape index (κ2) is 7.51. The molecule has 2 aromatic rings. The molecule has 1 aliphatic heterocycles. The summed E-state index contributed by atoms with van der Waals surface area (Å²) in [5.41, 5.74) is 2.38. The number of carbonyl (C=O) groups is 2. The number of hydrogen-bond donors (Lipinski definition) is 1. The molecule has 1 saturated heterocycles. The van der Waals surface area contributed by atoms with Gasteiger partial charge in [-0.15, -0.1) is 0 Å². The van der Waals surface area contributed by atoms with E-state index in [0.717, 1.165) is 17.7 Å². The van der Waals surface area contributed by atoms with Crippen molar-refractivity contribution in [3.05, 3.63) is 53.3 Å². The summed E-state index contributed by atoms with van der Waals surface area (Å²) in [4.78, 5) is 29.0. The van der Waals surface area contributed by atoms with Crippen molar-refractivity contribution in [2.75, 3.05) is 13.1 Å². The average molecular weight is 340 g/mol. The Labute approximate surface area is 147 Å². The van der Waals surface area contributed by atoms with Gasteiger partial charge in [0.05, 0.1) is 0 Å². The maximum Gasteiger partial charge on any atom is 0.274 e. The number of aromatic amines is 1. The van der Waals surface area contributed by atoms with Crippen molar-refractivity contribution in [3.63, 3.8) is 0 Å². The maximum absolute atomic E-state index is 12.7. The molecule has 0 radical (unpaired) electrons. The van der Waals surface area contributed by atoms with Gasteiger partial charge in [0.2, 0.25) is 5.91 Å². The van der Waals surface area contributed by atoms with Crippen LogP contribution in [-0.4, -0.2) is 50.9 Å². The normalized spacial score (nSPS) is 18.3. The van der Waals surface area contributed by atoms with Crippen molar-refractivity contribution < 1.29 is 9.59 Å². The van der Waals surface area contributed by atoms with Crippen LogP contribution in [0.2, 0.25) is 0 Å². The molecule has 0 bridgehead atoms. The topological polar surface area (TPSA) is 69.3 Å². The van der Waals surface area contributed by atoms with Crippen molar-refractivity contribution in [2.45, 2.75) is 39.3 Å². The van der Waals surface area contributed by atoms with Crippen LogP contribution >= 0.6 is 0 Å². The molecule has 1 aromatic heterocycles. The first kappa shape index (κ1) is 17.2. The average Bonchev–Trinajstić information content (AvgIpc) is 3.00. The molecule has 25 heavy (non-hydrogen) atoms. The van der Waals surface area contributed by atoms with E-state index in [2.05, 4.69) is 17.1 Å². The second-order valence-corrected chi connectivity index (χ2v) is 6.51. The number of amides is 2. The summed E-state index contributed by atoms with van der Waals surface area (Å²) in [6.45, 7) is 5.49. The Hall–Kier alpha value is -2.63. The number of hydrogen-bond acceptors (Lipinski definition) is 3. The Morgan fingerprint density at radius 3 is 2.72 bits per heavy atom. The fraction of sp³-hybridized carbons (Fsp3) is 0.421. The molecular weight excluding hydrogens is 316 g/mol. The lowest BCUT2D eigenvalue weighted by Crippen LogP contribution is -2.43. The molecule has 0 saturated carbocycles. The highest BCUT2D eigenvalue weighted by Crippen LogP contribution is 2.19. The van der Waals surface area contributed by atoms with Gasteiger partial charge in [-0.3, -0.25) is 14.7 Å². The molecule has 2 heterocycles. The highest BCUT2D eigenvalue weighted by atomic mass is 16.2. The molecule has 2 amide bonds. The first-order valence-corrected chi connectivity index (χ1v) is 8.73. The predicted octanol–water partition coefficient (Wildman–Crippen LogP) is 2.37. The van der Waals surface area contributed by atoms with Gasteiger partial charge in [-0.25, -0.2) is 0 Å². The summed E-state index contributed by atoms with van der Waals surface area (Å²) in [5.74, 6) is -0.0126. The first-order valence-electron chi connectivity index (χ1n) is 8.73. The third kappa shape index (κ3) is 3.90. The number of nitrogens with one attached hydrogen (secondary N) is 1. The van der Waals surface area contributed by atoms with E-state index in [0.29, 0.717) is 31.7 Å². The molecule has 0 unspecified atom stereocenters. The minimum Gasteiger partial charge on any atom is -0.335 e. The zero-order valence-corrected chi connectivity index (χ0v) is 14.7. The molecule has 6 nitrogen and oxygen atoms in total. The van der Waals surface area contributed by atoms with E-state index >= 15 is 0 Å². The van der Waals surface area contributed by atoms with E-state index in [9.17, 15) is 9.59 Å². The van der Waals surface area contributed by atoms with E-state index < -0.39 is 0 Å². The Morgan fingerprint density at radius 1 is 1.32 bits per heavy atom. The molecule has 0 spiro atoms. The monoisotopic (exact) mass is 340 g/mol. The highest BCUT2D eigenvalue weighted by Gasteiger charge is 2.31. The van der Waals surface area contributed by atoms with Crippen LogP contribution in [0.25, 0.3) is 0 Å². The maximum atomic E-state index is 12.7. The summed E-state index contributed by atoms with van der Waals surface area (Å²) in [7, 11) is 0. The predicted molar refractivity (Wildman–Crippen MR) is 94.9 cm³/mol. The van der Waals surface area contributed by atoms with E-state index in [1.165, 1.54) is 0 Å². The van der Waals surface area contributed by atoms with Crippen LogP contribution in [0.1, 0.15) is 41.5 Å². The fourth-order valence-electron chi connectivity index (χ4n) is 3.24. The smallest absolute Gasteiger partial charge is 0.274 e. The van der Waals surface area contributed by atoms with E-state index in [1.54, 1.807) is 11.0 Å². The minimum absolute atomic E-state index is 0.0131. The van der Waals surface area contributed by atoms with Crippen LogP contribution in [0.4, 0.5) is 0 Å². The summed E-state index contributed by atoms with van der Waals surface area (Å²) in [5, 5.41) is 6.87. The molecule has 3 rings (SSSR count). The number of rotatable bonds is 4. The Balaban J connectivity index is 1.77. The second-order valence-electron chi connectivity index (χ2n) is 6.51. The van der Waals surface area contributed by atoms with Gasteiger partial charge >= 0.3 is 0 Å². The number of H-pyrrole nitrogens is 1. The van der Waals surface area contributed by atoms with Crippen LogP contribution in [0.3, 0.4) is 0 Å². The van der Waals surface area contributed by atoms with Gasteiger partial charge in [-0.2, -0.15) is 5.10 Å². The van der Waals surface area contributed by atoms with Crippen molar-refractivity contribution >= 4 is 11.8 Å².